The third-order valence-electron chi connectivity index (χ3n) is 5.39. The molecule has 3 amide bonds. The van der Waals surface area contributed by atoms with Crippen LogP contribution < -0.4 is 44.6 Å². The lowest BCUT2D eigenvalue weighted by Crippen LogP contribution is -2.58. The van der Waals surface area contributed by atoms with Crippen LogP contribution >= 0.6 is 0 Å². The molecular formula is C22H42N10O7. The zero-order valence-corrected chi connectivity index (χ0v) is 22.3. The van der Waals surface area contributed by atoms with Gasteiger partial charge in [-0.05, 0) is 38.0 Å². The highest BCUT2D eigenvalue weighted by Gasteiger charge is 2.32. The Hall–Kier alpha value is -4.15. The average Bonchev–Trinajstić information content (AvgIpc) is 2.83. The molecule has 4 unspecified atom stereocenters. The Morgan fingerprint density at radius 1 is 0.718 bits per heavy atom. The standard InChI is InChI=1S/C22H42N10O7/c1-11(2)16(19(37)31-14(20(38)39)7-8-15(33)34)32-18(36)13(6-4-10-29-22(26)27)30-17(35)12(23)5-3-9-28-21(24)25/h11-14,16H,3-10,23H2,1-2H3,(H,30,35)(H,31,37)(H,32,36)(H,33,34)(H,38,39)(H4,24,25,28)(H4,26,27,29). The first-order valence-electron chi connectivity index (χ1n) is 12.4. The van der Waals surface area contributed by atoms with Crippen LogP contribution in [0.4, 0.5) is 0 Å². The van der Waals surface area contributed by atoms with Crippen molar-refractivity contribution in [2.45, 2.75) is 76.5 Å². The van der Waals surface area contributed by atoms with Crippen LogP contribution in [-0.4, -0.2) is 89.0 Å². The minimum absolute atomic E-state index is 0.0918. The van der Waals surface area contributed by atoms with E-state index in [9.17, 15) is 29.1 Å². The largest absolute Gasteiger partial charge is 0.481 e. The van der Waals surface area contributed by atoms with Crippen LogP contribution in [0.3, 0.4) is 0 Å². The van der Waals surface area contributed by atoms with E-state index in [2.05, 4.69) is 25.9 Å². The molecule has 0 aromatic carbocycles. The summed E-state index contributed by atoms with van der Waals surface area (Å²) < 4.78 is 0. The zero-order valence-electron chi connectivity index (χ0n) is 22.3. The number of aliphatic imine (C=N–C) groups is 2. The molecule has 0 saturated carbocycles. The summed E-state index contributed by atoms with van der Waals surface area (Å²) >= 11 is 0. The van der Waals surface area contributed by atoms with E-state index in [1.807, 2.05) is 0 Å². The van der Waals surface area contributed by atoms with Gasteiger partial charge in [0.25, 0.3) is 0 Å². The summed E-state index contributed by atoms with van der Waals surface area (Å²) in [6.45, 7) is 3.68. The van der Waals surface area contributed by atoms with Gasteiger partial charge in [0.1, 0.15) is 18.1 Å². The van der Waals surface area contributed by atoms with E-state index >= 15 is 0 Å². The predicted octanol–water partition coefficient (Wildman–Crippen LogP) is -3.52. The first kappa shape index (κ1) is 34.9. The van der Waals surface area contributed by atoms with E-state index in [1.165, 1.54) is 0 Å². The van der Waals surface area contributed by atoms with Crippen molar-refractivity contribution in [1.82, 2.24) is 16.0 Å². The van der Waals surface area contributed by atoms with Crippen molar-refractivity contribution in [3.8, 4) is 0 Å². The van der Waals surface area contributed by atoms with Crippen LogP contribution in [0.15, 0.2) is 9.98 Å². The third-order valence-corrected chi connectivity index (χ3v) is 5.39. The second kappa shape index (κ2) is 18.2. The van der Waals surface area contributed by atoms with Gasteiger partial charge in [-0.25, -0.2) is 4.79 Å². The van der Waals surface area contributed by atoms with Crippen LogP contribution in [0.5, 0.6) is 0 Å². The summed E-state index contributed by atoms with van der Waals surface area (Å²) in [5.41, 5.74) is 27.1. The second-order valence-electron chi connectivity index (χ2n) is 9.13. The zero-order chi connectivity index (χ0) is 30.1. The maximum absolute atomic E-state index is 13.1. The molecular weight excluding hydrogens is 516 g/mol. The van der Waals surface area contributed by atoms with E-state index < -0.39 is 66.2 Å². The van der Waals surface area contributed by atoms with Gasteiger partial charge < -0.3 is 54.8 Å². The van der Waals surface area contributed by atoms with E-state index in [4.69, 9.17) is 33.8 Å². The number of nitrogens with one attached hydrogen (secondary N) is 3. The minimum atomic E-state index is -1.47. The van der Waals surface area contributed by atoms with Gasteiger partial charge in [-0.1, -0.05) is 13.8 Å². The van der Waals surface area contributed by atoms with Gasteiger partial charge in [-0.15, -0.1) is 0 Å². The fourth-order valence-electron chi connectivity index (χ4n) is 3.28. The molecule has 0 rings (SSSR count). The molecule has 0 saturated heterocycles. The highest BCUT2D eigenvalue weighted by molar-refractivity contribution is 5.94. The number of carbonyl (C=O) groups excluding carboxylic acids is 3. The normalized spacial score (nSPS) is 13.7. The number of carboxylic acids is 2. The number of amides is 3. The molecule has 0 heterocycles. The van der Waals surface area contributed by atoms with Crippen molar-refractivity contribution in [1.29, 1.82) is 0 Å². The lowest BCUT2D eigenvalue weighted by molar-refractivity contribution is -0.143. The summed E-state index contributed by atoms with van der Waals surface area (Å²) in [6, 6.07) is -4.75. The lowest BCUT2D eigenvalue weighted by Gasteiger charge is -2.27. The van der Waals surface area contributed by atoms with Gasteiger partial charge in [0.15, 0.2) is 11.9 Å². The number of guanidine groups is 2. The lowest BCUT2D eigenvalue weighted by atomic mass is 10.0. The summed E-state index contributed by atoms with van der Waals surface area (Å²) in [4.78, 5) is 68.6. The summed E-state index contributed by atoms with van der Waals surface area (Å²) in [5, 5.41) is 25.5. The molecule has 0 bridgehead atoms. The maximum atomic E-state index is 13.1. The van der Waals surface area contributed by atoms with Crippen LogP contribution in [0.2, 0.25) is 0 Å². The van der Waals surface area contributed by atoms with Crippen LogP contribution in [0.1, 0.15) is 52.4 Å². The molecule has 0 aliphatic heterocycles. The molecule has 0 fully saturated rings. The number of hydrogen-bond acceptors (Lipinski definition) is 8. The molecule has 17 nitrogen and oxygen atoms in total. The number of carboxylic acid groups (broad SMARTS) is 2. The minimum Gasteiger partial charge on any atom is -0.481 e. The molecule has 0 aliphatic rings. The molecule has 0 spiro atoms. The molecule has 0 aromatic rings. The Morgan fingerprint density at radius 2 is 1.23 bits per heavy atom. The van der Waals surface area contributed by atoms with Crippen LogP contribution in [-0.2, 0) is 24.0 Å². The summed E-state index contributed by atoms with van der Waals surface area (Å²) in [7, 11) is 0. The van der Waals surface area contributed by atoms with E-state index in [0.29, 0.717) is 12.8 Å². The molecule has 0 radical (unpaired) electrons. The Bertz CT molecular complexity index is 902. The number of carbonyl (C=O) groups is 5. The fraction of sp³-hybridized carbons (Fsp3) is 0.682. The van der Waals surface area contributed by atoms with E-state index in [1.54, 1.807) is 13.8 Å². The van der Waals surface area contributed by atoms with Crippen molar-refractivity contribution in [2.24, 2.45) is 44.6 Å². The van der Waals surface area contributed by atoms with E-state index in [-0.39, 0.29) is 44.3 Å². The van der Waals surface area contributed by atoms with Gasteiger partial charge in [0.05, 0.1) is 6.04 Å². The van der Waals surface area contributed by atoms with Gasteiger partial charge in [0, 0.05) is 19.5 Å². The number of aliphatic carboxylic acids is 2. The van der Waals surface area contributed by atoms with Crippen molar-refractivity contribution in [3.05, 3.63) is 0 Å². The Balaban J connectivity index is 5.51. The highest BCUT2D eigenvalue weighted by Crippen LogP contribution is 2.08. The van der Waals surface area contributed by atoms with Gasteiger partial charge >= 0.3 is 11.9 Å². The Kier molecular flexibility index (Phi) is 16.2. The second-order valence-corrected chi connectivity index (χ2v) is 9.13. The molecule has 0 aliphatic carbocycles. The number of nitrogens with zero attached hydrogens (tertiary/aromatic N) is 2. The van der Waals surface area contributed by atoms with Gasteiger partial charge in [0.2, 0.25) is 17.7 Å². The van der Waals surface area contributed by atoms with Crippen LogP contribution in [0, 0.1) is 5.92 Å². The molecule has 17 heteroatoms. The topological polar surface area (TPSA) is 317 Å². The maximum Gasteiger partial charge on any atom is 0.326 e. The molecule has 222 valence electrons. The fourth-order valence-corrected chi connectivity index (χ4v) is 3.28. The Labute approximate surface area is 226 Å². The Morgan fingerprint density at radius 3 is 1.69 bits per heavy atom. The van der Waals surface area contributed by atoms with Crippen molar-refractivity contribution >= 4 is 41.6 Å². The van der Waals surface area contributed by atoms with Crippen LogP contribution in [0.25, 0.3) is 0 Å². The number of nitrogens with two attached hydrogens (primary N) is 5. The molecule has 15 N–H and O–H groups in total. The number of rotatable bonds is 19. The average molecular weight is 559 g/mol. The van der Waals surface area contributed by atoms with Crippen molar-refractivity contribution < 1.29 is 34.2 Å². The number of hydrogen-bond donors (Lipinski definition) is 10. The first-order chi connectivity index (χ1) is 18.1. The van der Waals surface area contributed by atoms with Crippen molar-refractivity contribution in [3.63, 3.8) is 0 Å². The highest BCUT2D eigenvalue weighted by atomic mass is 16.4. The van der Waals surface area contributed by atoms with Crippen molar-refractivity contribution in [2.75, 3.05) is 13.1 Å². The quantitative estimate of drug-likeness (QED) is 0.0419. The predicted molar refractivity (Wildman–Crippen MR) is 143 cm³/mol. The monoisotopic (exact) mass is 558 g/mol. The third kappa shape index (κ3) is 15.6. The summed E-state index contributed by atoms with van der Waals surface area (Å²) in [5.74, 6) is -5.52. The summed E-state index contributed by atoms with van der Waals surface area (Å²) in [6.07, 6.45) is 0.208. The van der Waals surface area contributed by atoms with E-state index in [0.717, 1.165) is 0 Å². The first-order valence-corrected chi connectivity index (χ1v) is 12.4. The van der Waals surface area contributed by atoms with Gasteiger partial charge in [-0.3, -0.25) is 29.2 Å². The SMILES string of the molecule is CC(C)C(NC(=O)C(CCCN=C(N)N)NC(=O)C(N)CCCN=C(N)N)C(=O)NC(CCC(=O)O)C(=O)O. The molecule has 39 heavy (non-hydrogen) atoms. The van der Waals surface area contributed by atoms with Gasteiger partial charge in [-0.2, -0.15) is 0 Å². The molecule has 0 aromatic heterocycles. The smallest absolute Gasteiger partial charge is 0.326 e. The molecule has 4 atom stereocenters.